The maximum atomic E-state index is 13.0. The summed E-state index contributed by atoms with van der Waals surface area (Å²) in [6.07, 6.45) is 3.95. The lowest BCUT2D eigenvalue weighted by Gasteiger charge is -2.31. The molecule has 0 spiro atoms. The number of nitrogens with two attached hydrogens (primary N) is 1. The van der Waals surface area contributed by atoms with Crippen molar-refractivity contribution in [3.8, 4) is 0 Å². The first kappa shape index (κ1) is 24.6. The summed E-state index contributed by atoms with van der Waals surface area (Å²) in [7, 11) is 0. The monoisotopic (exact) mass is 437 g/mol. The molecule has 1 saturated heterocycles. The maximum absolute atomic E-state index is 13.0. The number of hydrogen-bond donors (Lipinski definition) is 4. The Balaban J connectivity index is 2.01. The maximum Gasteiger partial charge on any atom is 0.315 e. The average molecular weight is 438 g/mol. The van der Waals surface area contributed by atoms with Gasteiger partial charge in [0.25, 0.3) is 5.91 Å². The standard InChI is InChI=1S/C21H35N5O5/c1-12-8-9-26(15(27)11-23-20(31)25-21(2,3)4)16(12)19(30)24-14(17(28)18(22)29)10-13-6-5-7-13/h12-14,16H,5-11H2,1-4H3,(H2,22,29)(H,24,30)(H2,23,25,31). The van der Waals surface area contributed by atoms with Crippen LogP contribution < -0.4 is 21.7 Å². The predicted molar refractivity (Wildman–Crippen MR) is 114 cm³/mol. The van der Waals surface area contributed by atoms with Gasteiger partial charge >= 0.3 is 6.03 Å². The van der Waals surface area contributed by atoms with Crippen molar-refractivity contribution in [3.63, 3.8) is 0 Å². The van der Waals surface area contributed by atoms with Crippen LogP contribution in [0, 0.1) is 11.8 Å². The van der Waals surface area contributed by atoms with E-state index in [4.69, 9.17) is 5.73 Å². The first-order valence-corrected chi connectivity index (χ1v) is 10.9. The lowest BCUT2D eigenvalue weighted by atomic mass is 9.80. The van der Waals surface area contributed by atoms with Crippen molar-refractivity contribution in [2.24, 2.45) is 17.6 Å². The summed E-state index contributed by atoms with van der Waals surface area (Å²) in [5.41, 5.74) is 4.72. The number of Topliss-reactive ketones (excluding diaryl/α,β-unsaturated/α-hetero) is 1. The van der Waals surface area contributed by atoms with E-state index in [0.29, 0.717) is 19.4 Å². The molecule has 1 aliphatic heterocycles. The number of rotatable bonds is 8. The number of carbonyl (C=O) groups excluding carboxylic acids is 5. The minimum absolute atomic E-state index is 0.125. The Kier molecular flexibility index (Phi) is 8.02. The fourth-order valence-corrected chi connectivity index (χ4v) is 3.99. The van der Waals surface area contributed by atoms with E-state index in [-0.39, 0.29) is 24.3 Å². The van der Waals surface area contributed by atoms with Gasteiger partial charge in [0.15, 0.2) is 0 Å². The van der Waals surface area contributed by atoms with Crippen molar-refractivity contribution in [1.82, 2.24) is 20.9 Å². The van der Waals surface area contributed by atoms with Crippen molar-refractivity contribution in [3.05, 3.63) is 0 Å². The molecule has 10 heteroatoms. The number of nitrogens with zero attached hydrogens (tertiary/aromatic N) is 1. The third kappa shape index (κ3) is 6.93. The van der Waals surface area contributed by atoms with Gasteiger partial charge in [-0.2, -0.15) is 0 Å². The SMILES string of the molecule is CC1CCN(C(=O)CNC(=O)NC(C)(C)C)C1C(=O)NC(CC1CCC1)C(=O)C(N)=O. The van der Waals surface area contributed by atoms with Crippen molar-refractivity contribution in [1.29, 1.82) is 0 Å². The molecule has 5 N–H and O–H groups in total. The lowest BCUT2D eigenvalue weighted by Crippen LogP contribution is -2.56. The molecular weight excluding hydrogens is 402 g/mol. The second-order valence-corrected chi connectivity index (χ2v) is 9.68. The first-order valence-electron chi connectivity index (χ1n) is 10.9. The number of primary amides is 1. The Hall–Kier alpha value is -2.65. The molecule has 1 aliphatic carbocycles. The van der Waals surface area contributed by atoms with E-state index in [0.717, 1.165) is 19.3 Å². The van der Waals surface area contributed by atoms with Gasteiger partial charge in [0.2, 0.25) is 17.6 Å². The summed E-state index contributed by atoms with van der Waals surface area (Å²) in [4.78, 5) is 62.7. The van der Waals surface area contributed by atoms with E-state index < -0.39 is 41.3 Å². The van der Waals surface area contributed by atoms with Crippen LogP contribution in [0.15, 0.2) is 0 Å². The quantitative estimate of drug-likeness (QED) is 0.396. The van der Waals surface area contributed by atoms with Crippen molar-refractivity contribution in [2.45, 2.75) is 77.4 Å². The molecule has 0 aromatic carbocycles. The number of hydrogen-bond acceptors (Lipinski definition) is 5. The molecule has 0 radical (unpaired) electrons. The van der Waals surface area contributed by atoms with Crippen molar-refractivity contribution < 1.29 is 24.0 Å². The predicted octanol–water partition coefficient (Wildman–Crippen LogP) is 0.0505. The van der Waals surface area contributed by atoms with Gasteiger partial charge in [-0.15, -0.1) is 0 Å². The highest BCUT2D eigenvalue weighted by molar-refractivity contribution is 6.37. The zero-order chi connectivity index (χ0) is 23.3. The summed E-state index contributed by atoms with van der Waals surface area (Å²) in [5.74, 6) is -2.60. The van der Waals surface area contributed by atoms with Crippen LogP contribution in [0.2, 0.25) is 0 Å². The second-order valence-electron chi connectivity index (χ2n) is 9.68. The molecule has 2 fully saturated rings. The first-order chi connectivity index (χ1) is 14.4. The third-order valence-electron chi connectivity index (χ3n) is 5.85. The molecule has 0 bridgehead atoms. The molecule has 2 rings (SSSR count). The van der Waals surface area contributed by atoms with Gasteiger partial charge < -0.3 is 26.6 Å². The molecule has 5 amide bonds. The van der Waals surface area contributed by atoms with Crippen LogP contribution in [0.4, 0.5) is 4.79 Å². The van der Waals surface area contributed by atoms with Gasteiger partial charge in [0.1, 0.15) is 6.04 Å². The van der Waals surface area contributed by atoms with Crippen LogP contribution in [0.1, 0.15) is 59.8 Å². The highest BCUT2D eigenvalue weighted by Gasteiger charge is 2.41. The minimum atomic E-state index is -1.08. The Morgan fingerprint density at radius 1 is 1.10 bits per heavy atom. The Labute approximate surface area is 183 Å². The van der Waals surface area contributed by atoms with Crippen LogP contribution in [-0.2, 0) is 19.2 Å². The molecule has 3 atom stereocenters. The van der Waals surface area contributed by atoms with E-state index in [2.05, 4.69) is 16.0 Å². The summed E-state index contributed by atoms with van der Waals surface area (Å²) in [5, 5.41) is 7.89. The molecule has 10 nitrogen and oxygen atoms in total. The average Bonchev–Trinajstić information content (AvgIpc) is 3.01. The Morgan fingerprint density at radius 3 is 2.26 bits per heavy atom. The van der Waals surface area contributed by atoms with Crippen LogP contribution in [0.3, 0.4) is 0 Å². The topological polar surface area (TPSA) is 151 Å². The Morgan fingerprint density at radius 2 is 1.74 bits per heavy atom. The van der Waals surface area contributed by atoms with Crippen LogP contribution in [0.5, 0.6) is 0 Å². The molecule has 174 valence electrons. The zero-order valence-electron chi connectivity index (χ0n) is 18.8. The van der Waals surface area contributed by atoms with E-state index >= 15 is 0 Å². The number of urea groups is 1. The summed E-state index contributed by atoms with van der Waals surface area (Å²) < 4.78 is 0. The number of likely N-dealkylation sites (tertiary alicyclic amines) is 1. The molecule has 3 unspecified atom stereocenters. The van der Waals surface area contributed by atoms with E-state index in [9.17, 15) is 24.0 Å². The molecule has 1 heterocycles. The smallest absolute Gasteiger partial charge is 0.315 e. The minimum Gasteiger partial charge on any atom is -0.363 e. The Bertz CT molecular complexity index is 728. The van der Waals surface area contributed by atoms with Crippen molar-refractivity contribution >= 4 is 29.5 Å². The van der Waals surface area contributed by atoms with Crippen molar-refractivity contribution in [2.75, 3.05) is 13.1 Å². The highest BCUT2D eigenvalue weighted by atomic mass is 16.2. The molecule has 0 aromatic heterocycles. The number of ketones is 1. The summed E-state index contributed by atoms with van der Waals surface area (Å²) in [6.45, 7) is 7.45. The fraction of sp³-hybridized carbons (Fsp3) is 0.762. The molecule has 0 aromatic rings. The van der Waals surface area contributed by atoms with Gasteiger partial charge in [-0.3, -0.25) is 19.2 Å². The molecular formula is C21H35N5O5. The van der Waals surface area contributed by atoms with Gasteiger partial charge in [0.05, 0.1) is 12.6 Å². The van der Waals surface area contributed by atoms with E-state index in [1.807, 2.05) is 27.7 Å². The molecule has 2 aliphatic rings. The number of nitrogens with one attached hydrogen (secondary N) is 3. The van der Waals surface area contributed by atoms with Gasteiger partial charge in [0, 0.05) is 12.1 Å². The number of amides is 5. The van der Waals surface area contributed by atoms with Crippen LogP contribution >= 0.6 is 0 Å². The van der Waals surface area contributed by atoms with E-state index in [1.54, 1.807) is 0 Å². The zero-order valence-corrected chi connectivity index (χ0v) is 18.8. The van der Waals surface area contributed by atoms with Crippen LogP contribution in [-0.4, -0.2) is 65.1 Å². The second kappa shape index (κ2) is 10.1. The number of carbonyl (C=O) groups is 5. The summed E-state index contributed by atoms with van der Waals surface area (Å²) in [6, 6.07) is -2.22. The van der Waals surface area contributed by atoms with E-state index in [1.165, 1.54) is 4.90 Å². The van der Waals surface area contributed by atoms with Gasteiger partial charge in [-0.25, -0.2) is 4.79 Å². The fourth-order valence-electron chi connectivity index (χ4n) is 3.99. The highest BCUT2D eigenvalue weighted by Crippen LogP contribution is 2.31. The molecule has 1 saturated carbocycles. The lowest BCUT2D eigenvalue weighted by molar-refractivity contribution is -0.141. The third-order valence-corrected chi connectivity index (χ3v) is 5.85. The normalized spacial score (nSPS) is 22.3. The van der Waals surface area contributed by atoms with Crippen LogP contribution in [0.25, 0.3) is 0 Å². The largest absolute Gasteiger partial charge is 0.363 e. The molecule has 31 heavy (non-hydrogen) atoms. The van der Waals surface area contributed by atoms with Gasteiger partial charge in [-0.05, 0) is 45.4 Å². The van der Waals surface area contributed by atoms with Gasteiger partial charge in [-0.1, -0.05) is 26.2 Å². The summed E-state index contributed by atoms with van der Waals surface area (Å²) >= 11 is 0.